The maximum absolute atomic E-state index is 13.1. The predicted molar refractivity (Wildman–Crippen MR) is 114 cm³/mol. The van der Waals surface area contributed by atoms with Crippen molar-refractivity contribution in [2.45, 2.75) is 21.0 Å². The highest BCUT2D eigenvalue weighted by atomic mass is 35.5. The zero-order valence-corrected chi connectivity index (χ0v) is 18.9. The molecular weight excluding hydrogens is 509 g/mol. The number of benzene rings is 1. The number of carboxylic acids is 1. The molecule has 0 aromatic heterocycles. The lowest BCUT2D eigenvalue weighted by Gasteiger charge is -2.33. The molecule has 0 saturated heterocycles. The average Bonchev–Trinajstić information content (AvgIpc) is 2.81. The van der Waals surface area contributed by atoms with Gasteiger partial charge in [0.1, 0.15) is 9.75 Å². The number of hydrogen-bond donors (Lipinski definition) is 3. The molecule has 2 aliphatic carbocycles. The fourth-order valence-corrected chi connectivity index (χ4v) is 6.66. The molecule has 2 aliphatic rings. The monoisotopic (exact) mass is 518 g/mol. The Hall–Kier alpha value is -0.890. The van der Waals surface area contributed by atoms with Crippen LogP contribution in [0.15, 0.2) is 34.3 Å². The van der Waals surface area contributed by atoms with Crippen LogP contribution in [0.25, 0.3) is 0 Å². The van der Waals surface area contributed by atoms with Crippen molar-refractivity contribution in [2.75, 3.05) is 10.6 Å². The zero-order valence-electron chi connectivity index (χ0n) is 14.4. The number of amides is 2. The largest absolute Gasteiger partial charge is 0.481 e. The van der Waals surface area contributed by atoms with E-state index in [1.54, 1.807) is 12.1 Å². The van der Waals surface area contributed by atoms with Gasteiger partial charge in [-0.25, -0.2) is 0 Å². The number of anilines is 2. The molecule has 12 heteroatoms. The second-order valence-electron chi connectivity index (χ2n) is 6.67. The first-order chi connectivity index (χ1) is 13.3. The van der Waals surface area contributed by atoms with E-state index in [1.165, 1.54) is 19.1 Å². The molecule has 156 valence electrons. The number of nitrogens with one attached hydrogen (secondary N) is 2. The minimum Gasteiger partial charge on any atom is -0.481 e. The van der Waals surface area contributed by atoms with Crippen molar-refractivity contribution in [3.8, 4) is 0 Å². The van der Waals surface area contributed by atoms with E-state index < -0.39 is 37.8 Å². The SMILES string of the molecule is CC(=O)Nc1cccc(NC(=O)[C@@H]2[C@@H](C(=O)O)[C@@]3(Cl)C(Cl)=C(Cl)[C@@]2(Cl)C3(Cl)Cl)c1. The van der Waals surface area contributed by atoms with Crippen LogP contribution in [0.2, 0.25) is 0 Å². The number of alkyl halides is 4. The van der Waals surface area contributed by atoms with Crippen molar-refractivity contribution in [1.82, 2.24) is 0 Å². The van der Waals surface area contributed by atoms with Crippen molar-refractivity contribution in [3.05, 3.63) is 34.3 Å². The summed E-state index contributed by atoms with van der Waals surface area (Å²) in [4.78, 5) is 32.1. The summed E-state index contributed by atoms with van der Waals surface area (Å²) in [6.45, 7) is 1.33. The molecule has 29 heavy (non-hydrogen) atoms. The standard InChI is InChI=1S/C17H12Cl6N2O4/c1-6(26)24-7-3-2-4-8(5-7)25-13(27)9-10(14(28)29)16(21)12(19)11(18)15(9,20)17(16,22)23/h2-5,9-10H,1H3,(H,24,26)(H,25,27)(H,28,29)/t9-,10-,15+,16+/m0/s1. The van der Waals surface area contributed by atoms with Crippen LogP contribution in [0.4, 0.5) is 11.4 Å². The molecule has 1 fully saturated rings. The van der Waals surface area contributed by atoms with Gasteiger partial charge >= 0.3 is 5.97 Å². The predicted octanol–water partition coefficient (Wildman–Crippen LogP) is 4.75. The molecule has 1 saturated carbocycles. The van der Waals surface area contributed by atoms with Gasteiger partial charge in [-0.05, 0) is 18.2 Å². The van der Waals surface area contributed by atoms with E-state index in [0.717, 1.165) is 0 Å². The smallest absolute Gasteiger partial charge is 0.309 e. The summed E-state index contributed by atoms with van der Waals surface area (Å²) >= 11 is 38.1. The number of fused-ring (bicyclic) bond motifs is 2. The Bertz CT molecular complexity index is 967. The van der Waals surface area contributed by atoms with Crippen LogP contribution < -0.4 is 10.6 Å². The maximum atomic E-state index is 13.1. The fraction of sp³-hybridized carbons (Fsp3) is 0.353. The first kappa shape index (κ1) is 22.8. The van der Waals surface area contributed by atoms with Crippen LogP contribution in [-0.4, -0.2) is 37.0 Å². The molecule has 4 atom stereocenters. The normalized spacial score (nSPS) is 32.2. The van der Waals surface area contributed by atoms with Crippen LogP contribution in [0.5, 0.6) is 0 Å². The lowest BCUT2D eigenvalue weighted by atomic mass is 9.81. The van der Waals surface area contributed by atoms with Crippen molar-refractivity contribution in [2.24, 2.45) is 11.8 Å². The highest BCUT2D eigenvalue weighted by molar-refractivity contribution is 6.66. The van der Waals surface area contributed by atoms with Crippen LogP contribution >= 0.6 is 69.6 Å². The Morgan fingerprint density at radius 2 is 1.41 bits per heavy atom. The minimum absolute atomic E-state index is 0.262. The van der Waals surface area contributed by atoms with E-state index in [4.69, 9.17) is 69.6 Å². The third kappa shape index (κ3) is 3.03. The van der Waals surface area contributed by atoms with Gasteiger partial charge in [0.15, 0.2) is 4.33 Å². The first-order valence-electron chi connectivity index (χ1n) is 8.03. The number of carbonyl (C=O) groups is 3. The Kier molecular flexibility index (Phi) is 5.78. The molecule has 1 aromatic rings. The van der Waals surface area contributed by atoms with Gasteiger partial charge in [0, 0.05) is 18.3 Å². The highest BCUT2D eigenvalue weighted by Crippen LogP contribution is 2.76. The molecule has 0 heterocycles. The Balaban J connectivity index is 2.03. The highest BCUT2D eigenvalue weighted by Gasteiger charge is 2.85. The number of allylic oxidation sites excluding steroid dienone is 2. The number of hydrogen-bond acceptors (Lipinski definition) is 3. The van der Waals surface area contributed by atoms with Gasteiger partial charge in [-0.15, -0.1) is 23.2 Å². The second-order valence-corrected chi connectivity index (χ2v) is 9.95. The maximum Gasteiger partial charge on any atom is 0.309 e. The molecule has 3 rings (SSSR count). The first-order valence-corrected chi connectivity index (χ1v) is 10.3. The summed E-state index contributed by atoms with van der Waals surface area (Å²) in [7, 11) is 0. The summed E-state index contributed by atoms with van der Waals surface area (Å²) in [5.74, 6) is -5.82. The summed E-state index contributed by atoms with van der Waals surface area (Å²) in [5, 5.41) is 14.3. The van der Waals surface area contributed by atoms with Gasteiger partial charge in [0.25, 0.3) is 0 Å². The number of rotatable bonds is 4. The third-order valence-electron chi connectivity index (χ3n) is 4.93. The topological polar surface area (TPSA) is 95.5 Å². The minimum atomic E-state index is -2.18. The Morgan fingerprint density at radius 3 is 1.90 bits per heavy atom. The van der Waals surface area contributed by atoms with Gasteiger partial charge in [0.2, 0.25) is 11.8 Å². The van der Waals surface area contributed by atoms with Crippen molar-refractivity contribution >= 4 is 98.8 Å². The number of carboxylic acid groups (broad SMARTS) is 1. The number of carbonyl (C=O) groups excluding carboxylic acids is 2. The Morgan fingerprint density at radius 1 is 0.931 bits per heavy atom. The van der Waals surface area contributed by atoms with Crippen molar-refractivity contribution in [3.63, 3.8) is 0 Å². The van der Waals surface area contributed by atoms with E-state index in [1.807, 2.05) is 0 Å². The molecule has 0 aliphatic heterocycles. The fourth-order valence-electron chi connectivity index (χ4n) is 3.73. The van der Waals surface area contributed by atoms with Gasteiger partial charge in [0.05, 0.1) is 21.9 Å². The molecule has 3 N–H and O–H groups in total. The molecule has 0 spiro atoms. The number of aliphatic carboxylic acids is 1. The van der Waals surface area contributed by atoms with Gasteiger partial charge in [-0.1, -0.05) is 52.5 Å². The van der Waals surface area contributed by atoms with Crippen LogP contribution in [-0.2, 0) is 14.4 Å². The van der Waals surface area contributed by atoms with E-state index >= 15 is 0 Å². The lowest BCUT2D eigenvalue weighted by Crippen LogP contribution is -2.47. The van der Waals surface area contributed by atoms with Gasteiger partial charge in [-0.2, -0.15) is 0 Å². The van der Waals surface area contributed by atoms with Crippen LogP contribution in [0.1, 0.15) is 6.92 Å². The molecule has 0 unspecified atom stereocenters. The average molecular weight is 521 g/mol. The van der Waals surface area contributed by atoms with Gasteiger partial charge in [-0.3, -0.25) is 14.4 Å². The summed E-state index contributed by atoms with van der Waals surface area (Å²) in [6.07, 6.45) is 0. The summed E-state index contributed by atoms with van der Waals surface area (Å²) < 4.78 is -2.18. The molecule has 2 bridgehead atoms. The quantitative estimate of drug-likeness (QED) is 0.499. The molecule has 6 nitrogen and oxygen atoms in total. The third-order valence-corrected chi connectivity index (χ3v) is 9.19. The van der Waals surface area contributed by atoms with Gasteiger partial charge < -0.3 is 15.7 Å². The zero-order chi connectivity index (χ0) is 21.9. The summed E-state index contributed by atoms with van der Waals surface area (Å²) in [6, 6.07) is 6.18. The number of halogens is 6. The molecule has 1 aromatic carbocycles. The summed E-state index contributed by atoms with van der Waals surface area (Å²) in [5.41, 5.74) is 0.676. The van der Waals surface area contributed by atoms with E-state index in [9.17, 15) is 19.5 Å². The molecule has 0 radical (unpaired) electrons. The second kappa shape index (κ2) is 7.36. The Labute approximate surface area is 195 Å². The van der Waals surface area contributed by atoms with Crippen molar-refractivity contribution < 1.29 is 19.5 Å². The van der Waals surface area contributed by atoms with E-state index in [-0.39, 0.29) is 21.7 Å². The molecular formula is C17H12Cl6N2O4. The molecule has 2 amide bonds. The van der Waals surface area contributed by atoms with Crippen LogP contribution in [0.3, 0.4) is 0 Å². The lowest BCUT2D eigenvalue weighted by molar-refractivity contribution is -0.146. The van der Waals surface area contributed by atoms with E-state index in [0.29, 0.717) is 5.69 Å². The van der Waals surface area contributed by atoms with E-state index in [2.05, 4.69) is 10.6 Å². The van der Waals surface area contributed by atoms with Crippen LogP contribution in [0, 0.1) is 11.8 Å². The van der Waals surface area contributed by atoms with Crippen molar-refractivity contribution in [1.29, 1.82) is 0 Å².